The molecule has 0 radical (unpaired) electrons. The monoisotopic (exact) mass is 1120 g/mol. The molecule has 9 aliphatic rings. The first-order valence-corrected chi connectivity index (χ1v) is 27.6. The van der Waals surface area contributed by atoms with Gasteiger partial charge in [-0.2, -0.15) is 0 Å². The van der Waals surface area contributed by atoms with Gasteiger partial charge in [0.25, 0.3) is 0 Å². The molecule has 448 valence electrons. The van der Waals surface area contributed by atoms with Gasteiger partial charge in [-0.1, -0.05) is 53.2 Å². The fourth-order valence-electron chi connectivity index (χ4n) is 16.6. The lowest BCUT2D eigenvalue weighted by Crippen LogP contribution is -2.70. The second kappa shape index (κ2) is 22.0. The van der Waals surface area contributed by atoms with E-state index in [9.17, 15) is 86.5 Å². The van der Waals surface area contributed by atoms with E-state index in [1.165, 1.54) is 0 Å². The Balaban J connectivity index is 1.05. The average molecular weight is 1120 g/mol. The van der Waals surface area contributed by atoms with Gasteiger partial charge in [0.15, 0.2) is 31.3 Å². The number of aliphatic hydroxyl groups excluding tert-OH is 15. The van der Waals surface area contributed by atoms with E-state index in [0.29, 0.717) is 44.9 Å². The fraction of sp³-hybridized carbons (Fsp3) is 0.943. The lowest BCUT2D eigenvalue weighted by atomic mass is 9.33. The summed E-state index contributed by atoms with van der Waals surface area (Å²) in [6, 6.07) is 0. The van der Waals surface area contributed by atoms with E-state index >= 15 is 0 Å². The summed E-state index contributed by atoms with van der Waals surface area (Å²) in [5.41, 5.74) is -2.81. The predicted molar refractivity (Wildman–Crippen MR) is 261 cm³/mol. The number of carbonyl (C=O) groups is 1. The van der Waals surface area contributed by atoms with Crippen LogP contribution in [-0.2, 0) is 42.7 Å². The first kappa shape index (κ1) is 60.9. The minimum absolute atomic E-state index is 0.0142. The summed E-state index contributed by atoms with van der Waals surface area (Å²) >= 11 is 0. The summed E-state index contributed by atoms with van der Waals surface area (Å²) in [4.78, 5) is 13.1. The third-order valence-corrected chi connectivity index (χ3v) is 21.3. The van der Waals surface area contributed by atoms with E-state index in [-0.39, 0.29) is 36.2 Å². The Morgan fingerprint density at radius 3 is 1.73 bits per heavy atom. The number of fused-ring (bicyclic) bond motifs is 7. The first-order valence-electron chi connectivity index (χ1n) is 27.6. The Bertz CT molecular complexity index is 2150. The highest BCUT2D eigenvalue weighted by Crippen LogP contribution is 2.76. The zero-order chi connectivity index (χ0) is 57.1. The molecular formula is C53H86O25. The normalized spacial score (nSPS) is 55.1. The van der Waals surface area contributed by atoms with E-state index < -0.39 is 195 Å². The highest BCUT2D eigenvalue weighted by Gasteiger charge is 2.72. The number of rotatable bonds is 13. The highest BCUT2D eigenvalue weighted by molar-refractivity contribution is 5.73. The van der Waals surface area contributed by atoms with Crippen LogP contribution in [0.5, 0.6) is 0 Å². The van der Waals surface area contributed by atoms with Gasteiger partial charge in [-0.25, -0.2) is 4.79 Å². The van der Waals surface area contributed by atoms with E-state index in [0.717, 1.165) is 5.57 Å². The van der Waals surface area contributed by atoms with Gasteiger partial charge in [0.05, 0.1) is 56.8 Å². The Morgan fingerprint density at radius 1 is 0.590 bits per heavy atom. The summed E-state index contributed by atoms with van der Waals surface area (Å²) < 4.78 is 48.4. The maximum Gasteiger partial charge on any atom is 0.335 e. The van der Waals surface area contributed by atoms with Crippen LogP contribution in [-0.4, -0.2) is 256 Å². The third kappa shape index (κ3) is 9.56. The molecule has 0 aromatic carbocycles. The van der Waals surface area contributed by atoms with Crippen LogP contribution in [0.25, 0.3) is 0 Å². The molecule has 0 aromatic rings. The molecule has 0 unspecified atom stereocenters. The van der Waals surface area contributed by atoms with Gasteiger partial charge in [-0.15, -0.1) is 0 Å². The van der Waals surface area contributed by atoms with E-state index in [1.807, 2.05) is 6.92 Å². The molecular weight excluding hydrogens is 1040 g/mol. The van der Waals surface area contributed by atoms with Crippen LogP contribution < -0.4 is 0 Å². The summed E-state index contributed by atoms with van der Waals surface area (Å²) in [5.74, 6) is -2.30. The van der Waals surface area contributed by atoms with Crippen molar-refractivity contribution in [2.45, 2.75) is 228 Å². The molecule has 78 heavy (non-hydrogen) atoms. The Morgan fingerprint density at radius 2 is 1.17 bits per heavy atom. The summed E-state index contributed by atoms with van der Waals surface area (Å²) in [6.07, 6.45) is -33.2. The van der Waals surface area contributed by atoms with Crippen LogP contribution in [0.4, 0.5) is 0 Å². The minimum Gasteiger partial charge on any atom is -0.479 e. The van der Waals surface area contributed by atoms with Crippen molar-refractivity contribution in [2.75, 3.05) is 33.0 Å². The zero-order valence-electron chi connectivity index (χ0n) is 45.0. The van der Waals surface area contributed by atoms with Crippen molar-refractivity contribution in [3.05, 3.63) is 11.6 Å². The van der Waals surface area contributed by atoms with Crippen molar-refractivity contribution in [3.8, 4) is 0 Å². The number of aliphatic carboxylic acids is 1. The zero-order valence-corrected chi connectivity index (χ0v) is 45.0. The Labute approximate surface area is 452 Å². The molecule has 25 nitrogen and oxygen atoms in total. The van der Waals surface area contributed by atoms with Gasteiger partial charge >= 0.3 is 5.97 Å². The van der Waals surface area contributed by atoms with Crippen molar-refractivity contribution >= 4 is 5.97 Å². The van der Waals surface area contributed by atoms with Crippen molar-refractivity contribution < 1.29 is 124 Å². The number of hydrogen-bond acceptors (Lipinski definition) is 24. The molecule has 16 N–H and O–H groups in total. The minimum atomic E-state index is -2.26. The molecule has 4 saturated heterocycles. The van der Waals surface area contributed by atoms with Gasteiger partial charge in [-0.3, -0.25) is 0 Å². The van der Waals surface area contributed by atoms with Crippen LogP contribution in [0.15, 0.2) is 11.6 Å². The number of carboxylic acid groups (broad SMARTS) is 1. The second-order valence-electron chi connectivity index (χ2n) is 26.0. The summed E-state index contributed by atoms with van der Waals surface area (Å²) in [7, 11) is 0. The quantitative estimate of drug-likeness (QED) is 0.0619. The van der Waals surface area contributed by atoms with E-state index in [4.69, 9.17) is 37.9 Å². The number of ether oxygens (including phenoxy) is 8. The molecule has 25 heteroatoms. The number of allylic oxidation sites excluding steroid dienone is 2. The maximum atomic E-state index is 13.1. The van der Waals surface area contributed by atoms with Crippen LogP contribution in [0.1, 0.15) is 92.9 Å². The van der Waals surface area contributed by atoms with Gasteiger partial charge in [0.1, 0.15) is 85.5 Å². The average Bonchev–Trinajstić information content (AvgIpc) is 1.92. The lowest BCUT2D eigenvalue weighted by Gasteiger charge is -2.72. The Hall–Kier alpha value is -1.71. The van der Waals surface area contributed by atoms with Crippen LogP contribution >= 0.6 is 0 Å². The Kier molecular flexibility index (Phi) is 17.2. The second-order valence-corrected chi connectivity index (χ2v) is 26.0. The van der Waals surface area contributed by atoms with Crippen LogP contribution in [0.3, 0.4) is 0 Å². The van der Waals surface area contributed by atoms with Gasteiger partial charge < -0.3 is 120 Å². The standard InChI is InChI=1S/C53H86O25/c1-48(2)13-22-21-7-8-27-49(3)11-10-30(50(4,19-56)26(49)9-12-51(27,5)52(21,6)15-29(60)53(22,20-57)28(59)14-48)74-47-42(78-45-37(67)35(65)33(63)25(17-55)73-45)39(38(68)40(76-47)43(69)70)75-46-41(31(61)23(58)18-71-46)77-44-36(66)34(64)32(62)24(16-54)72-44/h7,22-42,44-47,54-68H,8-20H2,1-6H3,(H,69,70)/t22-,23-,24+,25+,26+,27+,28-,29+,30-,31-,32+,33-,34-,35-,36+,37+,38-,39-,40-,41+,42+,44-,45-,46-,47+,49-,50-,51+,52+,53+/m0/s1. The molecule has 8 fully saturated rings. The number of carboxylic acids is 1. The number of aliphatic hydroxyl groups is 15. The van der Waals surface area contributed by atoms with Crippen LogP contribution in [0.2, 0.25) is 0 Å². The number of hydrogen-bond donors (Lipinski definition) is 16. The largest absolute Gasteiger partial charge is 0.479 e. The van der Waals surface area contributed by atoms with Gasteiger partial charge in [-0.05, 0) is 90.8 Å². The van der Waals surface area contributed by atoms with Gasteiger partial charge in [0, 0.05) is 5.41 Å². The maximum absolute atomic E-state index is 13.1. The highest BCUT2D eigenvalue weighted by atomic mass is 16.8. The van der Waals surface area contributed by atoms with Crippen molar-refractivity contribution in [1.82, 2.24) is 0 Å². The molecule has 5 aliphatic carbocycles. The fourth-order valence-corrected chi connectivity index (χ4v) is 16.6. The molecule has 4 saturated carbocycles. The third-order valence-electron chi connectivity index (χ3n) is 21.3. The molecule has 30 atom stereocenters. The molecule has 0 aromatic heterocycles. The summed E-state index contributed by atoms with van der Waals surface area (Å²) in [5, 5.41) is 176. The topological polar surface area (TPSA) is 415 Å². The molecule has 0 bridgehead atoms. The molecule has 9 rings (SSSR count). The molecule has 0 spiro atoms. The smallest absolute Gasteiger partial charge is 0.335 e. The first-order chi connectivity index (χ1) is 36.5. The van der Waals surface area contributed by atoms with Crippen molar-refractivity contribution in [3.63, 3.8) is 0 Å². The molecule has 0 amide bonds. The molecule has 4 heterocycles. The predicted octanol–water partition coefficient (Wildman–Crippen LogP) is -3.92. The van der Waals surface area contributed by atoms with E-state index in [1.54, 1.807) is 0 Å². The SMILES string of the molecule is CC1(C)C[C@H](O)[C@]2(CO)[C@H](O)C[C@]3(C)C(=CC[C@@H]4[C@@]5(C)CC[C@H](O[C@@H]6O[C@H](C(=O)O)[C@@H](O)[C@H](O[C@@H]7OC[C@H](O)[C@H](O)[C@H]7O[C@@H]7O[C@H](CO)[C@@H](O)[C@H](O)[C@H]7O)[C@H]6O[C@@H]6O[C@H](CO)[C@H](O)[C@H](O)[C@H]6O)[C@@](C)(CO)[C@@H]5CC[C@]43C)[C@@H]2C1. The lowest BCUT2D eigenvalue weighted by molar-refractivity contribution is -0.401. The van der Waals surface area contributed by atoms with Crippen molar-refractivity contribution in [1.29, 1.82) is 0 Å². The summed E-state index contributed by atoms with van der Waals surface area (Å²) in [6.45, 7) is 9.53. The van der Waals surface area contributed by atoms with Crippen LogP contribution in [0, 0.1) is 50.2 Å². The van der Waals surface area contributed by atoms with Gasteiger partial charge in [0.2, 0.25) is 0 Å². The molecule has 4 aliphatic heterocycles. The van der Waals surface area contributed by atoms with Crippen molar-refractivity contribution in [2.24, 2.45) is 50.2 Å². The van der Waals surface area contributed by atoms with E-state index in [2.05, 4.69) is 40.7 Å².